The number of nitrogens with one attached hydrogen (secondary N) is 1. The second-order valence-corrected chi connectivity index (χ2v) is 6.17. The van der Waals surface area contributed by atoms with Crippen LogP contribution in [0.15, 0.2) is 47.4 Å². The molecule has 0 aliphatic rings. The minimum atomic E-state index is -3.75. The quantitative estimate of drug-likeness (QED) is 0.862. The van der Waals surface area contributed by atoms with Crippen LogP contribution < -0.4 is 9.46 Å². The number of aryl methyl sites for hydroxylation is 1. The van der Waals surface area contributed by atoms with Gasteiger partial charge in [-0.2, -0.15) is 0 Å². The molecule has 0 heterocycles. The van der Waals surface area contributed by atoms with Gasteiger partial charge in [-0.3, -0.25) is 9.52 Å². The summed E-state index contributed by atoms with van der Waals surface area (Å²) in [5, 5.41) is 0. The summed E-state index contributed by atoms with van der Waals surface area (Å²) in [7, 11) is -2.29. The number of hydrogen-bond acceptors (Lipinski definition) is 4. The fourth-order valence-electron chi connectivity index (χ4n) is 1.77. The van der Waals surface area contributed by atoms with E-state index < -0.39 is 10.0 Å². The minimum absolute atomic E-state index is 0.132. The standard InChI is InChI=1S/C15H15NO4S/c1-11-3-7-14(8-4-11)21(18,19)16-15-9-13(20-2)6-5-12(15)10-17/h3-10,16H,1-2H3. The highest BCUT2D eigenvalue weighted by atomic mass is 32.2. The summed E-state index contributed by atoms with van der Waals surface area (Å²) in [5.41, 5.74) is 1.39. The highest BCUT2D eigenvalue weighted by Gasteiger charge is 2.16. The predicted octanol–water partition coefficient (Wildman–Crippen LogP) is 2.62. The molecule has 0 saturated carbocycles. The number of hydrogen-bond donors (Lipinski definition) is 1. The van der Waals surface area contributed by atoms with Crippen LogP contribution in [0.2, 0.25) is 0 Å². The number of carbonyl (C=O) groups excluding carboxylic acids is 1. The van der Waals surface area contributed by atoms with Gasteiger partial charge in [0.1, 0.15) is 5.75 Å². The third kappa shape index (κ3) is 3.41. The van der Waals surface area contributed by atoms with E-state index in [4.69, 9.17) is 4.74 Å². The number of sulfonamides is 1. The van der Waals surface area contributed by atoms with Crippen LogP contribution in [-0.4, -0.2) is 21.8 Å². The average Bonchev–Trinajstić information content (AvgIpc) is 2.47. The van der Waals surface area contributed by atoms with E-state index in [0.29, 0.717) is 12.0 Å². The molecule has 0 saturated heterocycles. The largest absolute Gasteiger partial charge is 0.497 e. The van der Waals surface area contributed by atoms with Crippen LogP contribution in [0.1, 0.15) is 15.9 Å². The molecular formula is C15H15NO4S. The van der Waals surface area contributed by atoms with Gasteiger partial charge in [0.15, 0.2) is 6.29 Å². The molecule has 2 aromatic rings. The SMILES string of the molecule is COc1ccc(C=O)c(NS(=O)(=O)c2ccc(C)cc2)c1. The van der Waals surface area contributed by atoms with E-state index in [0.717, 1.165) is 5.56 Å². The van der Waals surface area contributed by atoms with Crippen LogP contribution >= 0.6 is 0 Å². The lowest BCUT2D eigenvalue weighted by Crippen LogP contribution is -2.14. The van der Waals surface area contributed by atoms with Crippen molar-refractivity contribution in [3.63, 3.8) is 0 Å². The number of carbonyl (C=O) groups is 1. The summed E-state index contributed by atoms with van der Waals surface area (Å²) in [4.78, 5) is 11.2. The molecule has 0 amide bonds. The Labute approximate surface area is 123 Å². The van der Waals surface area contributed by atoms with Gasteiger partial charge >= 0.3 is 0 Å². The molecule has 110 valence electrons. The van der Waals surface area contributed by atoms with E-state index in [-0.39, 0.29) is 16.1 Å². The Morgan fingerprint density at radius 2 is 1.76 bits per heavy atom. The molecule has 0 fully saturated rings. The molecule has 2 rings (SSSR count). The molecule has 21 heavy (non-hydrogen) atoms. The third-order valence-electron chi connectivity index (χ3n) is 2.96. The van der Waals surface area contributed by atoms with Crippen molar-refractivity contribution >= 4 is 22.0 Å². The average molecular weight is 305 g/mol. The van der Waals surface area contributed by atoms with Gasteiger partial charge in [-0.15, -0.1) is 0 Å². The summed E-state index contributed by atoms with van der Waals surface area (Å²) in [5.74, 6) is 0.460. The Hall–Kier alpha value is -2.34. The van der Waals surface area contributed by atoms with Crippen molar-refractivity contribution in [2.45, 2.75) is 11.8 Å². The Bertz CT molecular complexity index is 752. The first-order chi connectivity index (χ1) is 9.96. The van der Waals surface area contributed by atoms with Gasteiger partial charge in [0, 0.05) is 11.6 Å². The molecule has 0 unspecified atom stereocenters. The fraction of sp³-hybridized carbons (Fsp3) is 0.133. The molecule has 0 spiro atoms. The first kappa shape index (κ1) is 15.1. The van der Waals surface area contributed by atoms with Gasteiger partial charge in [0.25, 0.3) is 10.0 Å². The Balaban J connectivity index is 2.40. The molecule has 0 bridgehead atoms. The van der Waals surface area contributed by atoms with Crippen molar-refractivity contribution in [2.24, 2.45) is 0 Å². The molecule has 0 radical (unpaired) electrons. The van der Waals surface area contributed by atoms with Crippen LogP contribution in [0.25, 0.3) is 0 Å². The second kappa shape index (κ2) is 5.97. The van der Waals surface area contributed by atoms with Gasteiger partial charge in [-0.05, 0) is 31.2 Å². The molecule has 0 aromatic heterocycles. The van der Waals surface area contributed by atoms with E-state index in [1.54, 1.807) is 18.2 Å². The number of benzene rings is 2. The van der Waals surface area contributed by atoms with E-state index >= 15 is 0 Å². The Kier molecular flexibility index (Phi) is 4.28. The zero-order valence-electron chi connectivity index (χ0n) is 11.7. The van der Waals surface area contributed by atoms with E-state index in [1.807, 2.05) is 6.92 Å². The van der Waals surface area contributed by atoms with Crippen molar-refractivity contribution < 1.29 is 17.9 Å². The zero-order chi connectivity index (χ0) is 15.5. The third-order valence-corrected chi connectivity index (χ3v) is 4.34. The lowest BCUT2D eigenvalue weighted by molar-refractivity contribution is 0.112. The maximum Gasteiger partial charge on any atom is 0.261 e. The number of aldehydes is 1. The zero-order valence-corrected chi connectivity index (χ0v) is 12.5. The monoisotopic (exact) mass is 305 g/mol. The molecule has 6 heteroatoms. The first-order valence-electron chi connectivity index (χ1n) is 6.19. The molecule has 2 aromatic carbocycles. The van der Waals surface area contributed by atoms with Crippen LogP contribution in [-0.2, 0) is 10.0 Å². The smallest absolute Gasteiger partial charge is 0.261 e. The number of methoxy groups -OCH3 is 1. The van der Waals surface area contributed by atoms with Crippen molar-refractivity contribution in [3.8, 4) is 5.75 Å². The summed E-state index contributed by atoms with van der Waals surface area (Å²) >= 11 is 0. The summed E-state index contributed by atoms with van der Waals surface area (Å²) < 4.78 is 32.1. The maximum absolute atomic E-state index is 12.3. The number of ether oxygens (including phenoxy) is 1. The lowest BCUT2D eigenvalue weighted by Gasteiger charge is -2.11. The van der Waals surface area contributed by atoms with Crippen molar-refractivity contribution in [1.82, 2.24) is 0 Å². The Morgan fingerprint density at radius 1 is 1.10 bits per heavy atom. The molecule has 5 nitrogen and oxygen atoms in total. The summed E-state index contributed by atoms with van der Waals surface area (Å²) in [6.07, 6.45) is 0.590. The van der Waals surface area contributed by atoms with Crippen LogP contribution in [0.4, 0.5) is 5.69 Å². The summed E-state index contributed by atoms with van der Waals surface area (Å²) in [6, 6.07) is 11.0. The normalized spacial score (nSPS) is 11.0. The van der Waals surface area contributed by atoms with Crippen molar-refractivity contribution in [1.29, 1.82) is 0 Å². The second-order valence-electron chi connectivity index (χ2n) is 4.49. The van der Waals surface area contributed by atoms with Gasteiger partial charge in [0.05, 0.1) is 17.7 Å². The van der Waals surface area contributed by atoms with Crippen molar-refractivity contribution in [2.75, 3.05) is 11.8 Å². The van der Waals surface area contributed by atoms with Crippen LogP contribution in [0.3, 0.4) is 0 Å². The number of anilines is 1. The van der Waals surface area contributed by atoms with Crippen molar-refractivity contribution in [3.05, 3.63) is 53.6 Å². The molecule has 0 atom stereocenters. The number of rotatable bonds is 5. The van der Waals surface area contributed by atoms with E-state index in [2.05, 4.69) is 4.72 Å². The molecule has 0 aliphatic heterocycles. The van der Waals surface area contributed by atoms with Crippen LogP contribution in [0.5, 0.6) is 5.75 Å². The maximum atomic E-state index is 12.3. The lowest BCUT2D eigenvalue weighted by atomic mass is 10.2. The first-order valence-corrected chi connectivity index (χ1v) is 7.67. The Morgan fingerprint density at radius 3 is 2.33 bits per heavy atom. The van der Waals surface area contributed by atoms with Gasteiger partial charge in [-0.25, -0.2) is 8.42 Å². The fourth-order valence-corrected chi connectivity index (χ4v) is 2.85. The van der Waals surface area contributed by atoms with E-state index in [1.165, 1.54) is 31.4 Å². The molecule has 1 N–H and O–H groups in total. The van der Waals surface area contributed by atoms with Gasteiger partial charge in [0.2, 0.25) is 0 Å². The minimum Gasteiger partial charge on any atom is -0.497 e. The van der Waals surface area contributed by atoms with Crippen LogP contribution in [0, 0.1) is 6.92 Å². The highest BCUT2D eigenvalue weighted by molar-refractivity contribution is 7.92. The highest BCUT2D eigenvalue weighted by Crippen LogP contribution is 2.24. The molecule has 0 aliphatic carbocycles. The van der Waals surface area contributed by atoms with Gasteiger partial charge < -0.3 is 4.74 Å². The topological polar surface area (TPSA) is 72.5 Å². The predicted molar refractivity (Wildman–Crippen MR) is 80.4 cm³/mol. The van der Waals surface area contributed by atoms with E-state index in [9.17, 15) is 13.2 Å². The summed E-state index contributed by atoms with van der Waals surface area (Å²) in [6.45, 7) is 1.87. The molecular weight excluding hydrogens is 290 g/mol. The van der Waals surface area contributed by atoms with Gasteiger partial charge in [-0.1, -0.05) is 17.7 Å².